The molecule has 0 aliphatic carbocycles. The fraction of sp³-hybridized carbons (Fsp3) is 0.0625. The van der Waals surface area contributed by atoms with Gasteiger partial charge in [-0.15, -0.1) is 5.10 Å². The number of hydrogen-bond acceptors (Lipinski definition) is 3. The Kier molecular flexibility index (Phi) is 3.79. The highest BCUT2D eigenvalue weighted by molar-refractivity contribution is 6.30. The molecule has 0 saturated carbocycles. The molecule has 1 heterocycles. The Balaban J connectivity index is 1.78. The van der Waals surface area contributed by atoms with Gasteiger partial charge in [0, 0.05) is 10.6 Å². The van der Waals surface area contributed by atoms with E-state index in [1.165, 1.54) is 0 Å². The average Bonchev–Trinajstić information content (AvgIpc) is 2.97. The van der Waals surface area contributed by atoms with E-state index in [9.17, 15) is 4.79 Å². The van der Waals surface area contributed by atoms with Crippen molar-refractivity contribution < 1.29 is 4.79 Å². The molecule has 0 amide bonds. The van der Waals surface area contributed by atoms with Gasteiger partial charge in [0.2, 0.25) is 5.78 Å². The Morgan fingerprint density at radius 3 is 2.48 bits per heavy atom. The van der Waals surface area contributed by atoms with Gasteiger partial charge in [0.25, 0.3) is 0 Å². The lowest BCUT2D eigenvalue weighted by Gasteiger charge is -1.99. The van der Waals surface area contributed by atoms with Crippen LogP contribution in [-0.2, 0) is 6.54 Å². The number of hydrogen-bond donors (Lipinski definition) is 0. The number of nitrogens with zero attached hydrogens (tertiary/aromatic N) is 3. The molecule has 0 N–H and O–H groups in total. The molecule has 2 aromatic carbocycles. The predicted octanol–water partition coefficient (Wildman–Crippen LogP) is 3.21. The molecule has 21 heavy (non-hydrogen) atoms. The van der Waals surface area contributed by atoms with Gasteiger partial charge in [0.1, 0.15) is 0 Å². The molecule has 3 rings (SSSR count). The number of carbonyl (C=O) groups excluding carboxylic acids is 1. The van der Waals surface area contributed by atoms with E-state index in [0.717, 1.165) is 5.56 Å². The molecule has 0 saturated heterocycles. The Hall–Kier alpha value is -2.46. The normalized spacial score (nSPS) is 10.5. The highest BCUT2D eigenvalue weighted by Crippen LogP contribution is 2.13. The number of rotatable bonds is 4. The van der Waals surface area contributed by atoms with Crippen molar-refractivity contribution in [3.05, 3.63) is 82.6 Å². The molecule has 0 aliphatic rings. The fourth-order valence-electron chi connectivity index (χ4n) is 2.00. The van der Waals surface area contributed by atoms with Gasteiger partial charge >= 0.3 is 0 Å². The number of aromatic nitrogens is 3. The van der Waals surface area contributed by atoms with Crippen LogP contribution in [0.4, 0.5) is 0 Å². The summed E-state index contributed by atoms with van der Waals surface area (Å²) in [4.78, 5) is 12.3. The first-order valence-electron chi connectivity index (χ1n) is 6.47. The van der Waals surface area contributed by atoms with Crippen molar-refractivity contribution in [2.45, 2.75) is 6.54 Å². The minimum atomic E-state index is -0.161. The molecular weight excluding hydrogens is 286 g/mol. The summed E-state index contributed by atoms with van der Waals surface area (Å²) < 4.78 is 1.65. The quantitative estimate of drug-likeness (QED) is 0.695. The molecule has 5 heteroatoms. The van der Waals surface area contributed by atoms with Gasteiger partial charge in [-0.2, -0.15) is 0 Å². The number of carbonyl (C=O) groups is 1. The van der Waals surface area contributed by atoms with Crippen molar-refractivity contribution in [3.8, 4) is 0 Å². The summed E-state index contributed by atoms with van der Waals surface area (Å²) in [5.41, 5.74) is 1.98. The lowest BCUT2D eigenvalue weighted by Crippen LogP contribution is -2.02. The van der Waals surface area contributed by atoms with Crippen molar-refractivity contribution in [1.29, 1.82) is 0 Å². The van der Waals surface area contributed by atoms with Crippen LogP contribution in [0.5, 0.6) is 0 Å². The molecule has 0 fully saturated rings. The van der Waals surface area contributed by atoms with E-state index in [4.69, 9.17) is 11.6 Å². The standard InChI is InChI=1S/C16H12ClN3O/c17-14-8-6-13(7-9-14)16(21)15-11-20(19-18-15)10-12-4-2-1-3-5-12/h1-9,11H,10H2. The summed E-state index contributed by atoms with van der Waals surface area (Å²) in [6.07, 6.45) is 1.66. The molecule has 4 nitrogen and oxygen atoms in total. The second-order valence-electron chi connectivity index (χ2n) is 4.62. The molecular formula is C16H12ClN3O. The fourth-order valence-corrected chi connectivity index (χ4v) is 2.13. The van der Waals surface area contributed by atoms with E-state index in [-0.39, 0.29) is 5.78 Å². The van der Waals surface area contributed by atoms with Gasteiger partial charge < -0.3 is 0 Å². The van der Waals surface area contributed by atoms with Crippen LogP contribution in [0.1, 0.15) is 21.6 Å². The summed E-state index contributed by atoms with van der Waals surface area (Å²) in [5, 5.41) is 8.53. The summed E-state index contributed by atoms with van der Waals surface area (Å²) >= 11 is 5.81. The zero-order chi connectivity index (χ0) is 14.7. The Morgan fingerprint density at radius 2 is 1.76 bits per heavy atom. The van der Waals surface area contributed by atoms with E-state index in [0.29, 0.717) is 22.8 Å². The van der Waals surface area contributed by atoms with Gasteiger partial charge in [-0.3, -0.25) is 4.79 Å². The number of benzene rings is 2. The van der Waals surface area contributed by atoms with Crippen molar-refractivity contribution in [2.75, 3.05) is 0 Å². The van der Waals surface area contributed by atoms with Crippen LogP contribution >= 0.6 is 11.6 Å². The third-order valence-electron chi connectivity index (χ3n) is 3.07. The van der Waals surface area contributed by atoms with E-state index in [1.54, 1.807) is 35.1 Å². The van der Waals surface area contributed by atoms with Crippen LogP contribution in [0.3, 0.4) is 0 Å². The molecule has 3 aromatic rings. The zero-order valence-corrected chi connectivity index (χ0v) is 11.9. The second kappa shape index (κ2) is 5.89. The molecule has 0 aliphatic heterocycles. The van der Waals surface area contributed by atoms with E-state index >= 15 is 0 Å². The minimum Gasteiger partial charge on any atom is -0.287 e. The number of halogens is 1. The predicted molar refractivity (Wildman–Crippen MR) is 80.5 cm³/mol. The maximum absolute atomic E-state index is 12.3. The SMILES string of the molecule is O=C(c1ccc(Cl)cc1)c1cn(Cc2ccccc2)nn1. The lowest BCUT2D eigenvalue weighted by atomic mass is 10.1. The van der Waals surface area contributed by atoms with E-state index in [1.807, 2.05) is 30.3 Å². The summed E-state index contributed by atoms with van der Waals surface area (Å²) in [6.45, 7) is 0.585. The summed E-state index contributed by atoms with van der Waals surface area (Å²) in [6, 6.07) is 16.6. The third-order valence-corrected chi connectivity index (χ3v) is 3.32. The summed E-state index contributed by atoms with van der Waals surface area (Å²) in [7, 11) is 0. The van der Waals surface area contributed by atoms with Crippen LogP contribution in [0.25, 0.3) is 0 Å². The average molecular weight is 298 g/mol. The first-order valence-corrected chi connectivity index (χ1v) is 6.84. The van der Waals surface area contributed by atoms with Crippen LogP contribution in [0.15, 0.2) is 60.8 Å². The zero-order valence-electron chi connectivity index (χ0n) is 11.1. The van der Waals surface area contributed by atoms with Gasteiger partial charge in [-0.1, -0.05) is 47.1 Å². The van der Waals surface area contributed by atoms with Gasteiger partial charge in [-0.25, -0.2) is 4.68 Å². The van der Waals surface area contributed by atoms with Gasteiger partial charge in [0.05, 0.1) is 12.7 Å². The molecule has 0 spiro atoms. The summed E-state index contributed by atoms with van der Waals surface area (Å²) in [5.74, 6) is -0.161. The first-order chi connectivity index (χ1) is 10.2. The molecule has 0 unspecified atom stereocenters. The van der Waals surface area contributed by atoms with Crippen LogP contribution in [0.2, 0.25) is 5.02 Å². The second-order valence-corrected chi connectivity index (χ2v) is 5.06. The van der Waals surface area contributed by atoms with Gasteiger partial charge in [-0.05, 0) is 29.8 Å². The lowest BCUT2D eigenvalue weighted by molar-refractivity contribution is 0.103. The van der Waals surface area contributed by atoms with E-state index < -0.39 is 0 Å². The van der Waals surface area contributed by atoms with Crippen molar-refractivity contribution in [1.82, 2.24) is 15.0 Å². The van der Waals surface area contributed by atoms with Crippen molar-refractivity contribution in [3.63, 3.8) is 0 Å². The number of ketones is 1. The Morgan fingerprint density at radius 1 is 1.05 bits per heavy atom. The molecule has 0 atom stereocenters. The maximum atomic E-state index is 12.3. The highest BCUT2D eigenvalue weighted by Gasteiger charge is 2.13. The first kappa shape index (κ1) is 13.5. The van der Waals surface area contributed by atoms with Crippen molar-refractivity contribution in [2.24, 2.45) is 0 Å². The van der Waals surface area contributed by atoms with Crippen molar-refractivity contribution >= 4 is 17.4 Å². The van der Waals surface area contributed by atoms with Crippen LogP contribution < -0.4 is 0 Å². The molecule has 104 valence electrons. The third kappa shape index (κ3) is 3.17. The topological polar surface area (TPSA) is 47.8 Å². The monoisotopic (exact) mass is 297 g/mol. The van der Waals surface area contributed by atoms with Gasteiger partial charge in [0.15, 0.2) is 5.69 Å². The minimum absolute atomic E-state index is 0.161. The van der Waals surface area contributed by atoms with E-state index in [2.05, 4.69) is 10.3 Å². The molecule has 1 aromatic heterocycles. The van der Waals surface area contributed by atoms with Crippen LogP contribution in [-0.4, -0.2) is 20.8 Å². The highest BCUT2D eigenvalue weighted by atomic mass is 35.5. The smallest absolute Gasteiger partial charge is 0.214 e. The Bertz CT molecular complexity index is 751. The molecule has 0 radical (unpaired) electrons. The largest absolute Gasteiger partial charge is 0.287 e. The van der Waals surface area contributed by atoms with Crippen LogP contribution in [0, 0.1) is 0 Å². The maximum Gasteiger partial charge on any atom is 0.214 e. The Labute approximate surface area is 127 Å². The molecule has 0 bridgehead atoms.